The number of carbonyl (C=O) groups is 1. The molecule has 1 aromatic rings. The van der Waals surface area contributed by atoms with E-state index < -0.39 is 17.2 Å². The molecule has 0 atom stereocenters. The van der Waals surface area contributed by atoms with Gasteiger partial charge in [0.2, 0.25) is 0 Å². The number of rotatable bonds is 5. The van der Waals surface area contributed by atoms with Crippen LogP contribution in [0.2, 0.25) is 0 Å². The first-order valence-corrected chi connectivity index (χ1v) is 6.57. The van der Waals surface area contributed by atoms with Crippen molar-refractivity contribution in [3.63, 3.8) is 0 Å². The van der Waals surface area contributed by atoms with Crippen LogP contribution in [0.3, 0.4) is 0 Å². The third kappa shape index (κ3) is 5.19. The van der Waals surface area contributed by atoms with Crippen LogP contribution >= 0.6 is 0 Å². The SMILES string of the molecule is CC(C)(C)OC(=O)NC(CO)(CO)Cc1ccccc1. The number of benzene rings is 1. The van der Waals surface area contributed by atoms with Gasteiger partial charge in [-0.3, -0.25) is 0 Å². The zero-order chi connectivity index (χ0) is 15.2. The topological polar surface area (TPSA) is 78.8 Å². The highest BCUT2D eigenvalue weighted by molar-refractivity contribution is 5.69. The summed E-state index contributed by atoms with van der Waals surface area (Å²) in [7, 11) is 0. The highest BCUT2D eigenvalue weighted by atomic mass is 16.6. The number of hydrogen-bond acceptors (Lipinski definition) is 4. The number of amides is 1. The van der Waals surface area contributed by atoms with Crippen molar-refractivity contribution in [3.8, 4) is 0 Å². The molecule has 20 heavy (non-hydrogen) atoms. The smallest absolute Gasteiger partial charge is 0.408 e. The van der Waals surface area contributed by atoms with E-state index in [4.69, 9.17) is 4.74 Å². The molecule has 0 saturated heterocycles. The zero-order valence-corrected chi connectivity index (χ0v) is 12.2. The fourth-order valence-corrected chi connectivity index (χ4v) is 1.79. The van der Waals surface area contributed by atoms with Crippen molar-refractivity contribution in [2.45, 2.75) is 38.3 Å². The van der Waals surface area contributed by atoms with Gasteiger partial charge in [0.25, 0.3) is 0 Å². The van der Waals surface area contributed by atoms with Crippen LogP contribution in [-0.2, 0) is 11.2 Å². The first kappa shape index (κ1) is 16.5. The fourth-order valence-electron chi connectivity index (χ4n) is 1.79. The fraction of sp³-hybridized carbons (Fsp3) is 0.533. The molecule has 5 heteroatoms. The molecule has 0 aliphatic heterocycles. The monoisotopic (exact) mass is 281 g/mol. The summed E-state index contributed by atoms with van der Waals surface area (Å²) in [5, 5.41) is 21.7. The Hall–Kier alpha value is -1.59. The second-order valence-electron chi connectivity index (χ2n) is 5.89. The van der Waals surface area contributed by atoms with Gasteiger partial charge in [-0.15, -0.1) is 0 Å². The molecule has 3 N–H and O–H groups in total. The number of ether oxygens (including phenoxy) is 1. The highest BCUT2D eigenvalue weighted by Gasteiger charge is 2.32. The third-order valence-corrected chi connectivity index (χ3v) is 2.76. The van der Waals surface area contributed by atoms with Crippen molar-refractivity contribution in [1.29, 1.82) is 0 Å². The largest absolute Gasteiger partial charge is 0.444 e. The third-order valence-electron chi connectivity index (χ3n) is 2.76. The maximum absolute atomic E-state index is 11.8. The number of hydrogen-bond donors (Lipinski definition) is 3. The molecule has 5 nitrogen and oxygen atoms in total. The van der Waals surface area contributed by atoms with Crippen LogP contribution in [0.4, 0.5) is 4.79 Å². The van der Waals surface area contributed by atoms with E-state index in [1.807, 2.05) is 30.3 Å². The lowest BCUT2D eigenvalue weighted by atomic mass is 9.92. The van der Waals surface area contributed by atoms with Crippen LogP contribution < -0.4 is 5.32 Å². The van der Waals surface area contributed by atoms with Gasteiger partial charge in [0.15, 0.2) is 0 Å². The molecule has 0 spiro atoms. The molecule has 0 aliphatic carbocycles. The first-order chi connectivity index (χ1) is 9.30. The van der Waals surface area contributed by atoms with Gasteiger partial charge in [0.1, 0.15) is 5.60 Å². The normalized spacial score (nSPS) is 12.1. The lowest BCUT2D eigenvalue weighted by Crippen LogP contribution is -2.56. The number of carbonyl (C=O) groups excluding carboxylic acids is 1. The van der Waals surface area contributed by atoms with E-state index >= 15 is 0 Å². The molecule has 112 valence electrons. The Morgan fingerprint density at radius 3 is 2.15 bits per heavy atom. The van der Waals surface area contributed by atoms with Crippen molar-refractivity contribution >= 4 is 6.09 Å². The molecule has 1 aromatic carbocycles. The molecule has 1 rings (SSSR count). The Kier molecular flexibility index (Phi) is 5.53. The molecular weight excluding hydrogens is 258 g/mol. The number of aliphatic hydroxyl groups excluding tert-OH is 2. The highest BCUT2D eigenvalue weighted by Crippen LogP contribution is 2.15. The summed E-state index contributed by atoms with van der Waals surface area (Å²) in [6.07, 6.45) is -0.336. The summed E-state index contributed by atoms with van der Waals surface area (Å²) in [5.41, 5.74) is -0.858. The maximum atomic E-state index is 11.8. The molecule has 0 aromatic heterocycles. The van der Waals surface area contributed by atoms with Gasteiger partial charge in [0.05, 0.1) is 18.8 Å². The predicted molar refractivity (Wildman–Crippen MR) is 76.4 cm³/mol. The van der Waals surface area contributed by atoms with Crippen molar-refractivity contribution in [1.82, 2.24) is 5.32 Å². The van der Waals surface area contributed by atoms with Gasteiger partial charge >= 0.3 is 6.09 Å². The Morgan fingerprint density at radius 1 is 1.15 bits per heavy atom. The van der Waals surface area contributed by atoms with Crippen LogP contribution in [0.1, 0.15) is 26.3 Å². The molecule has 0 fully saturated rings. The average molecular weight is 281 g/mol. The Bertz CT molecular complexity index is 421. The van der Waals surface area contributed by atoms with E-state index in [1.165, 1.54) is 0 Å². The summed E-state index contributed by atoms with van der Waals surface area (Å²) in [4.78, 5) is 11.8. The number of aliphatic hydroxyl groups is 2. The molecule has 0 heterocycles. The van der Waals surface area contributed by atoms with E-state index in [2.05, 4.69) is 5.32 Å². The molecule has 0 unspecified atom stereocenters. The quantitative estimate of drug-likeness (QED) is 0.764. The van der Waals surface area contributed by atoms with Crippen molar-refractivity contribution in [2.75, 3.05) is 13.2 Å². The Morgan fingerprint density at radius 2 is 1.70 bits per heavy atom. The van der Waals surface area contributed by atoms with Crippen LogP contribution in [0, 0.1) is 0 Å². The Labute approximate surface area is 119 Å². The molecule has 0 saturated carbocycles. The van der Waals surface area contributed by atoms with Gasteiger partial charge in [-0.05, 0) is 26.3 Å². The van der Waals surface area contributed by atoms with Crippen molar-refractivity contribution < 1.29 is 19.7 Å². The summed E-state index contributed by atoms with van der Waals surface area (Å²) >= 11 is 0. The van der Waals surface area contributed by atoms with Crippen LogP contribution in [0.25, 0.3) is 0 Å². The molecule has 1 amide bonds. The maximum Gasteiger partial charge on any atom is 0.408 e. The Balaban J connectivity index is 2.79. The summed E-state index contributed by atoms with van der Waals surface area (Å²) in [6.45, 7) is 4.51. The second kappa shape index (κ2) is 6.72. The molecule has 0 bridgehead atoms. The first-order valence-electron chi connectivity index (χ1n) is 6.57. The standard InChI is InChI=1S/C15H23NO4/c1-14(2,3)20-13(19)16-15(10-17,11-18)9-12-7-5-4-6-8-12/h4-8,17-18H,9-11H2,1-3H3,(H,16,19). The summed E-state index contributed by atoms with van der Waals surface area (Å²) in [5.74, 6) is 0. The van der Waals surface area contributed by atoms with Crippen LogP contribution in [0.5, 0.6) is 0 Å². The van der Waals surface area contributed by atoms with E-state index in [9.17, 15) is 15.0 Å². The van der Waals surface area contributed by atoms with E-state index in [-0.39, 0.29) is 13.2 Å². The number of alkyl carbamates (subject to hydrolysis) is 1. The average Bonchev–Trinajstić information content (AvgIpc) is 2.37. The lowest BCUT2D eigenvalue weighted by Gasteiger charge is -2.32. The minimum absolute atomic E-state index is 0.320. The molecule has 0 aliphatic rings. The van der Waals surface area contributed by atoms with Gasteiger partial charge in [-0.1, -0.05) is 30.3 Å². The number of nitrogens with one attached hydrogen (secondary N) is 1. The second-order valence-corrected chi connectivity index (χ2v) is 5.89. The minimum Gasteiger partial charge on any atom is -0.444 e. The predicted octanol–water partition coefficient (Wildman–Crippen LogP) is 1.48. The lowest BCUT2D eigenvalue weighted by molar-refractivity contribution is 0.0295. The van der Waals surface area contributed by atoms with E-state index in [1.54, 1.807) is 20.8 Å². The van der Waals surface area contributed by atoms with E-state index in [0.29, 0.717) is 6.42 Å². The minimum atomic E-state index is -1.14. The molecule has 0 radical (unpaired) electrons. The summed E-state index contributed by atoms with van der Waals surface area (Å²) in [6, 6.07) is 9.35. The molecular formula is C15H23NO4. The van der Waals surface area contributed by atoms with Gasteiger partial charge in [0, 0.05) is 6.42 Å². The van der Waals surface area contributed by atoms with Gasteiger partial charge in [-0.2, -0.15) is 0 Å². The van der Waals surface area contributed by atoms with Crippen LogP contribution in [-0.4, -0.2) is 40.7 Å². The van der Waals surface area contributed by atoms with Crippen molar-refractivity contribution in [2.24, 2.45) is 0 Å². The van der Waals surface area contributed by atoms with Crippen molar-refractivity contribution in [3.05, 3.63) is 35.9 Å². The summed E-state index contributed by atoms with van der Waals surface area (Å²) < 4.78 is 5.16. The van der Waals surface area contributed by atoms with Gasteiger partial charge in [-0.25, -0.2) is 4.79 Å². The van der Waals surface area contributed by atoms with Crippen LogP contribution in [0.15, 0.2) is 30.3 Å². The van der Waals surface area contributed by atoms with E-state index in [0.717, 1.165) is 5.56 Å². The zero-order valence-electron chi connectivity index (χ0n) is 12.2. The van der Waals surface area contributed by atoms with Gasteiger partial charge < -0.3 is 20.3 Å².